The van der Waals surface area contributed by atoms with E-state index in [0.717, 1.165) is 61.2 Å². The average molecular weight is 1090 g/mol. The monoisotopic (exact) mass is 1090 g/mol. The fourth-order valence-corrected chi connectivity index (χ4v) is 10.2. The first-order valence-electron chi connectivity index (χ1n) is 23.9. The molecule has 0 heterocycles. The molecule has 2 aliphatic carbocycles. The van der Waals surface area contributed by atoms with Crippen LogP contribution < -0.4 is 0 Å². The van der Waals surface area contributed by atoms with Gasteiger partial charge in [-0.15, -0.1) is 17.9 Å². The van der Waals surface area contributed by atoms with Gasteiger partial charge < -0.3 is 10.2 Å². The van der Waals surface area contributed by atoms with Crippen LogP contribution in [0.15, 0.2) is 236 Å². The number of rotatable bonds is 8. The second-order valence-corrected chi connectivity index (χ2v) is 17.8. The van der Waals surface area contributed by atoms with E-state index in [9.17, 15) is 10.2 Å². The zero-order valence-corrected chi connectivity index (χ0v) is 44.3. The molecule has 0 saturated heterocycles. The van der Waals surface area contributed by atoms with E-state index in [2.05, 4.69) is 228 Å². The molecular weight excluding hydrogens is 1040 g/mol. The second-order valence-electron chi connectivity index (χ2n) is 17.8. The predicted octanol–water partition coefficient (Wildman–Crippen LogP) is 17.1. The van der Waals surface area contributed by atoms with E-state index in [1.54, 1.807) is 0 Å². The number of aromatic hydroxyl groups is 2. The maximum absolute atomic E-state index is 12.2. The Morgan fingerprint density at radius 1 is 0.458 bits per heavy atom. The van der Waals surface area contributed by atoms with Gasteiger partial charge in [-0.1, -0.05) is 121 Å². The molecule has 0 atom stereocenters. The second kappa shape index (κ2) is 23.1. The zero-order valence-electron chi connectivity index (χ0n) is 40.7. The molecular formula is C69H54HfO2. The van der Waals surface area contributed by atoms with Gasteiger partial charge in [0, 0.05) is 85.9 Å². The first kappa shape index (κ1) is 50.2. The summed E-state index contributed by atoms with van der Waals surface area (Å²) in [5.41, 5.74) is 30.6. The molecule has 72 heavy (non-hydrogen) atoms. The van der Waals surface area contributed by atoms with E-state index in [4.69, 9.17) is 0 Å². The van der Waals surface area contributed by atoms with Gasteiger partial charge in [0.1, 0.15) is 22.6 Å². The van der Waals surface area contributed by atoms with Gasteiger partial charge in [-0.05, 0) is 118 Å². The smallest absolute Gasteiger partial charge is 0.140 e. The standard InChI is InChI=1S/C55H40O2.C7H7.C7H5.Hf/c1-34-30-48(54(56)50(32-34)52-44-26-11-7-22-40(44)41-23-8-12-27-45(41)52)38-20-5-3-16-36(38)18-15-19-37-17-4-6-21-39(37)49-31-35(2)33-51(55(49)57)53-46-28-13-9-24-42(46)43-25-10-14-29-47(43)53;1-7-5-3-2-4-6-7;1-3-5-7-6-4-2;/h3-14,16-33,52-53H,15H2,1-2H3;2-6H,1H2;3H,1-2H2;/q;2*-1;/p+2. The minimum atomic E-state index is -0.0475. The molecule has 0 aromatic heterocycles. The molecule has 0 unspecified atom stereocenters. The molecule has 0 aliphatic heterocycles. The van der Waals surface area contributed by atoms with Crippen LogP contribution in [0.3, 0.4) is 0 Å². The Morgan fingerprint density at radius 3 is 1.15 bits per heavy atom. The molecule has 2 N–H and O–H groups in total. The molecule has 0 bridgehead atoms. The summed E-state index contributed by atoms with van der Waals surface area (Å²) in [4.78, 5) is 0. The van der Waals surface area contributed by atoms with Crippen molar-refractivity contribution in [2.24, 2.45) is 0 Å². The van der Waals surface area contributed by atoms with Crippen molar-refractivity contribution in [1.82, 2.24) is 0 Å². The number of hydrogen-bond acceptors (Lipinski definition) is 2. The molecule has 0 fully saturated rings. The number of benzene rings is 9. The molecule has 0 spiro atoms. The number of aryl methyl sites for hydroxylation is 2. The number of phenolic OH excluding ortho intramolecular Hbond substituents is 2. The Hall–Kier alpha value is -8.21. The van der Waals surface area contributed by atoms with Crippen LogP contribution in [0.4, 0.5) is 0 Å². The van der Waals surface area contributed by atoms with Crippen molar-refractivity contribution in [3.05, 3.63) is 324 Å². The average Bonchev–Trinajstić information content (AvgIpc) is 3.92. The Kier molecular flexibility index (Phi) is 16.1. The third-order valence-corrected chi connectivity index (χ3v) is 13.2. The van der Waals surface area contributed by atoms with Gasteiger partial charge in [0.15, 0.2) is 0 Å². The third kappa shape index (κ3) is 10.5. The summed E-state index contributed by atoms with van der Waals surface area (Å²) in [6.07, 6.45) is 6.63. The van der Waals surface area contributed by atoms with Crippen LogP contribution >= 0.6 is 0 Å². The molecule has 9 aromatic rings. The summed E-state index contributed by atoms with van der Waals surface area (Å²) >= 11 is 0. The van der Waals surface area contributed by atoms with E-state index in [0.29, 0.717) is 17.9 Å². The van der Waals surface area contributed by atoms with Crippen LogP contribution in [-0.2, 0) is 25.8 Å². The summed E-state index contributed by atoms with van der Waals surface area (Å²) in [7, 11) is 0. The van der Waals surface area contributed by atoms with E-state index < -0.39 is 0 Å². The van der Waals surface area contributed by atoms with Gasteiger partial charge in [0.05, 0.1) is 28.7 Å². The first-order valence-corrected chi connectivity index (χ1v) is 23.9. The predicted molar refractivity (Wildman–Crippen MR) is 294 cm³/mol. The summed E-state index contributed by atoms with van der Waals surface area (Å²) in [5.74, 6) is 0.554. The Bertz CT molecular complexity index is 3270. The van der Waals surface area contributed by atoms with Gasteiger partial charge in [-0.25, -0.2) is 6.92 Å². The van der Waals surface area contributed by atoms with E-state index in [1.165, 1.54) is 50.6 Å². The minimum absolute atomic E-state index is 0. The van der Waals surface area contributed by atoms with Crippen LogP contribution in [0.25, 0.3) is 44.5 Å². The molecule has 0 saturated carbocycles. The molecule has 2 aliphatic rings. The van der Waals surface area contributed by atoms with Crippen molar-refractivity contribution in [3.63, 3.8) is 0 Å². The Morgan fingerprint density at radius 2 is 0.806 bits per heavy atom. The van der Waals surface area contributed by atoms with Gasteiger partial charge >= 0.3 is 0 Å². The maximum atomic E-state index is 12.2. The molecule has 3 heteroatoms. The SMILES string of the molecule is C=C=C=C=C=C[CH2-].Cc1cc(-c2ccccc2[CH+]C[CH+]c2ccccc2-c2cc(C)cc(C3c4ccccc4-c4ccccc43)c2O)c(O)c(C2c3ccccc3-c3ccccc32)c1.[CH2-]c1ccccc1.[Hf]. The number of allylic oxidation sites excluding steroid dienone is 1. The Balaban J connectivity index is 0.000000404. The van der Waals surface area contributed by atoms with Crippen molar-refractivity contribution in [2.75, 3.05) is 0 Å². The maximum Gasteiger partial charge on any atom is 0.140 e. The van der Waals surface area contributed by atoms with Crippen molar-refractivity contribution < 1.29 is 36.1 Å². The summed E-state index contributed by atoms with van der Waals surface area (Å²) in [5, 5.41) is 24.4. The summed E-state index contributed by atoms with van der Waals surface area (Å²) < 4.78 is 0. The molecule has 0 radical (unpaired) electrons. The van der Waals surface area contributed by atoms with Gasteiger partial charge in [0.25, 0.3) is 0 Å². The molecule has 11 rings (SSSR count). The minimum Gasteiger partial charge on any atom is -0.506 e. The normalized spacial score (nSPS) is 11.4. The van der Waals surface area contributed by atoms with Crippen molar-refractivity contribution >= 4 is 0 Å². The topological polar surface area (TPSA) is 40.5 Å². The Labute approximate surface area is 444 Å². The van der Waals surface area contributed by atoms with Gasteiger partial charge in [-0.2, -0.15) is 30.7 Å². The molecule has 2 nitrogen and oxygen atoms in total. The number of phenols is 2. The van der Waals surface area contributed by atoms with E-state index in [1.807, 2.05) is 42.5 Å². The summed E-state index contributed by atoms with van der Waals surface area (Å²) in [6.45, 7) is 14.6. The van der Waals surface area contributed by atoms with Crippen molar-refractivity contribution in [2.45, 2.75) is 32.1 Å². The third-order valence-electron chi connectivity index (χ3n) is 13.2. The molecule has 9 aromatic carbocycles. The van der Waals surface area contributed by atoms with E-state index >= 15 is 0 Å². The zero-order chi connectivity index (χ0) is 49.3. The van der Waals surface area contributed by atoms with Crippen LogP contribution in [-0.4, -0.2) is 10.2 Å². The van der Waals surface area contributed by atoms with Crippen molar-refractivity contribution in [1.29, 1.82) is 0 Å². The fourth-order valence-electron chi connectivity index (χ4n) is 10.2. The van der Waals surface area contributed by atoms with Crippen LogP contribution in [0.1, 0.15) is 79.5 Å². The van der Waals surface area contributed by atoms with E-state index in [-0.39, 0.29) is 37.7 Å². The van der Waals surface area contributed by atoms with Gasteiger partial charge in [-0.3, -0.25) is 5.73 Å². The molecule has 0 amide bonds. The van der Waals surface area contributed by atoms with Crippen LogP contribution in [0, 0.1) is 40.5 Å². The van der Waals surface area contributed by atoms with Crippen LogP contribution in [0.5, 0.6) is 11.5 Å². The van der Waals surface area contributed by atoms with Gasteiger partial charge in [0.2, 0.25) is 0 Å². The summed E-state index contributed by atoms with van der Waals surface area (Å²) in [6, 6.07) is 69.4. The number of hydrogen-bond donors (Lipinski definition) is 2. The molecule has 346 valence electrons. The quantitative estimate of drug-likeness (QED) is 0.0904. The first-order chi connectivity index (χ1) is 34.8. The largest absolute Gasteiger partial charge is 0.506 e. The van der Waals surface area contributed by atoms with Crippen molar-refractivity contribution in [3.8, 4) is 56.0 Å². The fraction of sp³-hybridized carbons (Fsp3) is 0.0725. The number of fused-ring (bicyclic) bond motifs is 6. The van der Waals surface area contributed by atoms with Crippen LogP contribution in [0.2, 0.25) is 0 Å².